The fraction of sp³-hybridized carbons (Fsp3) is 0.343. The summed E-state index contributed by atoms with van der Waals surface area (Å²) >= 11 is 0. The van der Waals surface area contributed by atoms with Gasteiger partial charge in [0.25, 0.3) is 11.8 Å². The first-order valence-corrected chi connectivity index (χ1v) is 14.7. The van der Waals surface area contributed by atoms with E-state index in [0.29, 0.717) is 5.01 Å². The van der Waals surface area contributed by atoms with E-state index in [1.165, 1.54) is 24.3 Å². The molecule has 0 aliphatic rings. The van der Waals surface area contributed by atoms with E-state index in [4.69, 9.17) is 9.47 Å². The van der Waals surface area contributed by atoms with Crippen LogP contribution in [-0.2, 0) is 20.7 Å². The molecule has 0 saturated carbocycles. The van der Waals surface area contributed by atoms with Crippen LogP contribution in [-0.4, -0.2) is 51.8 Å². The molecule has 3 amide bonds. The standard InChI is InChI=1S/C35H40N2O7/c1-8-10-19-43-33(41)27-15-17-29(18-16-27)44-34(42)32(40)36(30(38)26-13-11-25(9-2)12-14-26)37(35(5,6)7)31(39)28-21-23(3)20-24(4)22-28/h11-18,20-22H,8-10,19H2,1-7H3. The third-order valence-corrected chi connectivity index (χ3v) is 6.70. The van der Waals surface area contributed by atoms with Gasteiger partial charge in [-0.05, 0) is 102 Å². The number of benzene rings is 3. The Balaban J connectivity index is 2.00. The molecule has 44 heavy (non-hydrogen) atoms. The number of carbonyl (C=O) groups excluding carboxylic acids is 5. The molecule has 0 unspecified atom stereocenters. The Hall–Kier alpha value is -4.79. The van der Waals surface area contributed by atoms with Crippen LogP contribution in [0.1, 0.15) is 95.2 Å². The van der Waals surface area contributed by atoms with Gasteiger partial charge in [0.1, 0.15) is 5.75 Å². The molecule has 9 heteroatoms. The SMILES string of the molecule is CCCCOC(=O)c1ccc(OC(=O)C(=O)N(C(=O)c2ccc(CC)cc2)N(C(=O)c2cc(C)cc(C)c2)C(C)(C)C)cc1. The summed E-state index contributed by atoms with van der Waals surface area (Å²) in [5.74, 6) is -4.81. The van der Waals surface area contributed by atoms with Crippen LogP contribution < -0.4 is 4.74 Å². The molecule has 0 radical (unpaired) electrons. The summed E-state index contributed by atoms with van der Waals surface area (Å²) in [6.45, 7) is 12.9. The average Bonchev–Trinajstić information content (AvgIpc) is 2.98. The zero-order chi connectivity index (χ0) is 32.6. The zero-order valence-corrected chi connectivity index (χ0v) is 26.4. The molecular formula is C35H40N2O7. The van der Waals surface area contributed by atoms with Crippen LogP contribution in [0.3, 0.4) is 0 Å². The largest absolute Gasteiger partial charge is 0.462 e. The van der Waals surface area contributed by atoms with Gasteiger partial charge in [-0.1, -0.05) is 49.6 Å². The topological polar surface area (TPSA) is 110 Å². The van der Waals surface area contributed by atoms with Gasteiger partial charge in [-0.15, -0.1) is 0 Å². The van der Waals surface area contributed by atoms with E-state index in [0.717, 1.165) is 41.0 Å². The molecule has 0 aliphatic carbocycles. The highest BCUT2D eigenvalue weighted by Crippen LogP contribution is 2.25. The number of nitrogens with zero attached hydrogens (tertiary/aromatic N) is 2. The van der Waals surface area contributed by atoms with Crippen LogP contribution in [0.5, 0.6) is 5.75 Å². The van der Waals surface area contributed by atoms with E-state index in [-0.39, 0.29) is 29.0 Å². The van der Waals surface area contributed by atoms with Crippen molar-refractivity contribution in [1.29, 1.82) is 0 Å². The maximum atomic E-state index is 14.0. The molecule has 0 aliphatic heterocycles. The van der Waals surface area contributed by atoms with Crippen molar-refractivity contribution in [2.24, 2.45) is 0 Å². The van der Waals surface area contributed by atoms with Crippen molar-refractivity contribution >= 4 is 29.7 Å². The van der Waals surface area contributed by atoms with Crippen molar-refractivity contribution in [3.8, 4) is 5.75 Å². The van der Waals surface area contributed by atoms with Gasteiger partial charge in [0, 0.05) is 11.1 Å². The van der Waals surface area contributed by atoms with E-state index in [1.54, 1.807) is 57.2 Å². The molecule has 232 valence electrons. The number of rotatable bonds is 8. The van der Waals surface area contributed by atoms with Crippen molar-refractivity contribution in [2.75, 3.05) is 6.61 Å². The normalized spacial score (nSPS) is 11.0. The summed E-state index contributed by atoms with van der Waals surface area (Å²) in [5, 5.41) is 1.55. The average molecular weight is 601 g/mol. The number of hydrogen-bond donors (Lipinski definition) is 0. The van der Waals surface area contributed by atoms with Gasteiger partial charge in [0.05, 0.1) is 17.7 Å². The van der Waals surface area contributed by atoms with Gasteiger partial charge in [0.15, 0.2) is 0 Å². The molecule has 0 heterocycles. The Labute approximate surface area is 258 Å². The summed E-state index contributed by atoms with van der Waals surface area (Å²) in [5.41, 5.74) is 2.09. The predicted molar refractivity (Wildman–Crippen MR) is 166 cm³/mol. The van der Waals surface area contributed by atoms with E-state index >= 15 is 0 Å². The Morgan fingerprint density at radius 1 is 0.727 bits per heavy atom. The summed E-state index contributed by atoms with van der Waals surface area (Å²) in [4.78, 5) is 67.4. The Kier molecular flexibility index (Phi) is 11.2. The Bertz CT molecular complexity index is 1500. The molecule has 0 saturated heterocycles. The van der Waals surface area contributed by atoms with Crippen molar-refractivity contribution in [3.63, 3.8) is 0 Å². The fourth-order valence-electron chi connectivity index (χ4n) is 4.48. The van der Waals surface area contributed by atoms with Gasteiger partial charge in [0.2, 0.25) is 0 Å². The van der Waals surface area contributed by atoms with Crippen LogP contribution in [0.15, 0.2) is 66.7 Å². The fourth-order valence-corrected chi connectivity index (χ4v) is 4.48. The van der Waals surface area contributed by atoms with Crippen molar-refractivity contribution in [1.82, 2.24) is 10.0 Å². The summed E-state index contributed by atoms with van der Waals surface area (Å²) in [6.07, 6.45) is 2.35. The van der Waals surface area contributed by atoms with E-state index in [2.05, 4.69) is 0 Å². The van der Waals surface area contributed by atoms with Crippen molar-refractivity contribution in [2.45, 2.75) is 73.3 Å². The molecule has 0 fully saturated rings. The van der Waals surface area contributed by atoms with Crippen molar-refractivity contribution < 1.29 is 33.4 Å². The van der Waals surface area contributed by atoms with Gasteiger partial charge in [-0.25, -0.2) is 14.6 Å². The zero-order valence-electron chi connectivity index (χ0n) is 26.4. The van der Waals surface area contributed by atoms with Crippen LogP contribution in [0.2, 0.25) is 0 Å². The second-order valence-electron chi connectivity index (χ2n) is 11.5. The van der Waals surface area contributed by atoms with E-state index in [1.807, 2.05) is 33.8 Å². The first kappa shape index (κ1) is 33.7. The number of hydrazine groups is 1. The van der Waals surface area contributed by atoms with Crippen LogP contribution in [0.25, 0.3) is 0 Å². The lowest BCUT2D eigenvalue weighted by atomic mass is 10.0. The van der Waals surface area contributed by atoms with Crippen LogP contribution in [0, 0.1) is 13.8 Å². The molecule has 0 bridgehead atoms. The number of aryl methyl sites for hydroxylation is 3. The van der Waals surface area contributed by atoms with Crippen LogP contribution in [0.4, 0.5) is 0 Å². The number of esters is 2. The highest BCUT2D eigenvalue weighted by Gasteiger charge is 2.43. The van der Waals surface area contributed by atoms with Crippen molar-refractivity contribution in [3.05, 3.63) is 100 Å². The number of imide groups is 1. The number of amides is 3. The van der Waals surface area contributed by atoms with Crippen LogP contribution >= 0.6 is 0 Å². The lowest BCUT2D eigenvalue weighted by Gasteiger charge is -2.41. The molecule has 0 aromatic heterocycles. The molecule has 0 atom stereocenters. The third kappa shape index (κ3) is 8.40. The smallest absolute Gasteiger partial charge is 0.404 e. The van der Waals surface area contributed by atoms with E-state index < -0.39 is 35.2 Å². The summed E-state index contributed by atoms with van der Waals surface area (Å²) < 4.78 is 10.5. The molecular weight excluding hydrogens is 560 g/mol. The van der Waals surface area contributed by atoms with Gasteiger partial charge in [-0.2, -0.15) is 5.01 Å². The lowest BCUT2D eigenvalue weighted by Crippen LogP contribution is -2.62. The first-order chi connectivity index (χ1) is 20.8. The number of ether oxygens (including phenoxy) is 2. The minimum Gasteiger partial charge on any atom is -0.462 e. The highest BCUT2D eigenvalue weighted by atomic mass is 16.5. The minimum absolute atomic E-state index is 0.0314. The summed E-state index contributed by atoms with van der Waals surface area (Å²) in [7, 11) is 0. The molecule has 3 aromatic carbocycles. The van der Waals surface area contributed by atoms with E-state index in [9.17, 15) is 24.0 Å². The summed E-state index contributed by atoms with van der Waals surface area (Å²) in [6, 6.07) is 17.3. The van der Waals surface area contributed by atoms with Gasteiger partial charge >= 0.3 is 17.8 Å². The second-order valence-corrected chi connectivity index (χ2v) is 11.5. The lowest BCUT2D eigenvalue weighted by molar-refractivity contribution is -0.161. The Morgan fingerprint density at radius 2 is 1.30 bits per heavy atom. The third-order valence-electron chi connectivity index (χ3n) is 6.70. The molecule has 0 spiro atoms. The maximum Gasteiger partial charge on any atom is 0.404 e. The number of carbonyl (C=O) groups is 5. The number of unbranched alkanes of at least 4 members (excludes halogenated alkanes) is 1. The molecule has 0 N–H and O–H groups in total. The monoisotopic (exact) mass is 600 g/mol. The minimum atomic E-state index is -1.38. The predicted octanol–water partition coefficient (Wildman–Crippen LogP) is 6.25. The van der Waals surface area contributed by atoms with Gasteiger partial charge < -0.3 is 9.47 Å². The molecule has 9 nitrogen and oxygen atoms in total. The second kappa shape index (κ2) is 14.6. The highest BCUT2D eigenvalue weighted by molar-refractivity contribution is 6.37. The maximum absolute atomic E-state index is 14.0. The molecule has 3 rings (SSSR count). The first-order valence-electron chi connectivity index (χ1n) is 14.7. The number of hydrogen-bond acceptors (Lipinski definition) is 7. The Morgan fingerprint density at radius 3 is 1.82 bits per heavy atom. The van der Waals surface area contributed by atoms with Gasteiger partial charge in [-0.3, -0.25) is 14.4 Å². The quantitative estimate of drug-likeness (QED) is 0.0988. The molecule has 3 aromatic rings.